The van der Waals surface area contributed by atoms with Gasteiger partial charge >= 0.3 is 0 Å². The van der Waals surface area contributed by atoms with E-state index in [1.54, 1.807) is 0 Å². The molecule has 0 saturated heterocycles. The number of nitrogens with zero attached hydrogens (tertiary/aromatic N) is 3. The second kappa shape index (κ2) is 15.2. The summed E-state index contributed by atoms with van der Waals surface area (Å²) in [5, 5.41) is 4.12. The average molecular weight is 593 g/mol. The van der Waals surface area contributed by atoms with E-state index in [2.05, 4.69) is 36.2 Å². The Hall–Kier alpha value is -4.39. The van der Waals surface area contributed by atoms with Gasteiger partial charge < -0.3 is 19.7 Å². The van der Waals surface area contributed by atoms with Gasteiger partial charge in [-0.05, 0) is 85.4 Å². The molecule has 5 rings (SSSR count). The Morgan fingerprint density at radius 3 is 1.88 bits per heavy atom. The number of hydrogen-bond donors (Lipinski definition) is 1. The molecule has 0 aliphatic heterocycles. The zero-order chi connectivity index (χ0) is 29.9. The predicted molar refractivity (Wildman–Crippen MR) is 177 cm³/mol. The van der Waals surface area contributed by atoms with Crippen molar-refractivity contribution in [1.82, 2.24) is 14.9 Å². The second-order valence-electron chi connectivity index (χ2n) is 10.1. The highest BCUT2D eigenvalue weighted by Gasteiger charge is 2.10. The lowest BCUT2D eigenvalue weighted by Gasteiger charge is -2.18. The smallest absolute Gasteiger partial charge is 0.228 e. The third-order valence-corrected chi connectivity index (χ3v) is 7.45. The van der Waals surface area contributed by atoms with Gasteiger partial charge in [-0.15, -0.1) is 0 Å². The van der Waals surface area contributed by atoms with E-state index in [1.165, 1.54) is 5.56 Å². The summed E-state index contributed by atoms with van der Waals surface area (Å²) in [5.41, 5.74) is 5.73. The molecule has 1 N–H and O–H groups in total. The molecule has 0 atom stereocenters. The Kier molecular flexibility index (Phi) is 10.6. The van der Waals surface area contributed by atoms with Crippen LogP contribution in [0.15, 0.2) is 109 Å². The Labute approximate surface area is 259 Å². The number of rotatable bonds is 14. The standard InChI is InChI=1S/C36H37ClN4O2/c1-3-41(4-2)23-25-43-33-20-16-31(17-21-33)38-36-39-34(28-8-6-5-7-9-28)26-35(40-36)29-12-18-32(19-13-29)42-24-22-27-10-14-30(37)15-11-27/h5-21,26H,3-4,22-25H2,1-2H3,(H,38,39,40). The zero-order valence-electron chi connectivity index (χ0n) is 24.7. The highest BCUT2D eigenvalue weighted by atomic mass is 35.5. The van der Waals surface area contributed by atoms with Gasteiger partial charge in [0.25, 0.3) is 0 Å². The molecule has 0 aliphatic rings. The highest BCUT2D eigenvalue weighted by Crippen LogP contribution is 2.28. The van der Waals surface area contributed by atoms with Crippen LogP contribution in [-0.2, 0) is 6.42 Å². The van der Waals surface area contributed by atoms with Crippen LogP contribution in [0.3, 0.4) is 0 Å². The molecular formula is C36H37ClN4O2. The summed E-state index contributed by atoms with van der Waals surface area (Å²) in [7, 11) is 0. The van der Waals surface area contributed by atoms with Crippen LogP contribution in [0.5, 0.6) is 11.5 Å². The van der Waals surface area contributed by atoms with Crippen LogP contribution in [-0.4, -0.2) is 47.7 Å². The number of likely N-dealkylation sites (N-methyl/N-ethyl adjacent to an activating group) is 1. The van der Waals surface area contributed by atoms with Crippen molar-refractivity contribution in [3.05, 3.63) is 120 Å². The molecule has 43 heavy (non-hydrogen) atoms. The fourth-order valence-corrected chi connectivity index (χ4v) is 4.79. The molecule has 0 spiro atoms. The van der Waals surface area contributed by atoms with Crippen LogP contribution in [0.25, 0.3) is 22.5 Å². The molecule has 1 aromatic heterocycles. The lowest BCUT2D eigenvalue weighted by atomic mass is 10.1. The first-order valence-electron chi connectivity index (χ1n) is 14.7. The maximum absolute atomic E-state index is 5.99. The molecule has 4 aromatic carbocycles. The van der Waals surface area contributed by atoms with Gasteiger partial charge in [0.15, 0.2) is 0 Å². The van der Waals surface area contributed by atoms with Crippen molar-refractivity contribution in [1.29, 1.82) is 0 Å². The van der Waals surface area contributed by atoms with Crippen LogP contribution in [0.1, 0.15) is 19.4 Å². The molecule has 0 fully saturated rings. The minimum absolute atomic E-state index is 0.523. The largest absolute Gasteiger partial charge is 0.493 e. The van der Waals surface area contributed by atoms with Gasteiger partial charge in [0, 0.05) is 34.8 Å². The van der Waals surface area contributed by atoms with Crippen molar-refractivity contribution in [2.24, 2.45) is 0 Å². The van der Waals surface area contributed by atoms with Gasteiger partial charge in [-0.2, -0.15) is 0 Å². The van der Waals surface area contributed by atoms with Crippen LogP contribution in [0.4, 0.5) is 11.6 Å². The maximum Gasteiger partial charge on any atom is 0.228 e. The van der Waals surface area contributed by atoms with E-state index >= 15 is 0 Å². The van der Waals surface area contributed by atoms with Crippen molar-refractivity contribution in [2.75, 3.05) is 38.2 Å². The fraction of sp³-hybridized carbons (Fsp3) is 0.222. The van der Waals surface area contributed by atoms with Gasteiger partial charge in [0.1, 0.15) is 18.1 Å². The van der Waals surface area contributed by atoms with Gasteiger partial charge in [0.2, 0.25) is 5.95 Å². The molecule has 220 valence electrons. The Bertz CT molecular complexity index is 1560. The first-order chi connectivity index (χ1) is 21.1. The van der Waals surface area contributed by atoms with Gasteiger partial charge in [-0.3, -0.25) is 0 Å². The van der Waals surface area contributed by atoms with Crippen molar-refractivity contribution >= 4 is 23.2 Å². The van der Waals surface area contributed by atoms with Crippen molar-refractivity contribution in [3.8, 4) is 34.0 Å². The zero-order valence-corrected chi connectivity index (χ0v) is 25.4. The Balaban J connectivity index is 1.28. The van der Waals surface area contributed by atoms with Gasteiger partial charge in [0.05, 0.1) is 18.0 Å². The molecule has 0 bridgehead atoms. The van der Waals surface area contributed by atoms with Crippen molar-refractivity contribution < 1.29 is 9.47 Å². The quantitative estimate of drug-likeness (QED) is 0.139. The van der Waals surface area contributed by atoms with Crippen LogP contribution in [0.2, 0.25) is 5.02 Å². The summed E-state index contributed by atoms with van der Waals surface area (Å²) >= 11 is 5.99. The molecule has 5 aromatic rings. The summed E-state index contributed by atoms with van der Waals surface area (Å²) in [6.07, 6.45) is 0.809. The monoisotopic (exact) mass is 592 g/mol. The number of hydrogen-bond acceptors (Lipinski definition) is 6. The number of benzene rings is 4. The second-order valence-corrected chi connectivity index (χ2v) is 10.5. The lowest BCUT2D eigenvalue weighted by molar-refractivity contribution is 0.223. The molecule has 0 amide bonds. The van der Waals surface area contributed by atoms with Crippen LogP contribution < -0.4 is 14.8 Å². The number of aromatic nitrogens is 2. The molecule has 0 radical (unpaired) electrons. The van der Waals surface area contributed by atoms with E-state index in [9.17, 15) is 0 Å². The minimum atomic E-state index is 0.523. The minimum Gasteiger partial charge on any atom is -0.493 e. The SMILES string of the molecule is CCN(CC)CCOc1ccc(Nc2nc(-c3ccccc3)cc(-c3ccc(OCCc4ccc(Cl)cc4)cc3)n2)cc1. The molecule has 0 aliphatic carbocycles. The Morgan fingerprint density at radius 2 is 1.26 bits per heavy atom. The fourth-order valence-electron chi connectivity index (χ4n) is 4.66. The molecule has 6 nitrogen and oxygen atoms in total. The third kappa shape index (κ3) is 8.80. The number of nitrogens with one attached hydrogen (secondary N) is 1. The first kappa shape index (κ1) is 30.1. The number of anilines is 2. The summed E-state index contributed by atoms with van der Waals surface area (Å²) in [5.74, 6) is 2.18. The predicted octanol–water partition coefficient (Wildman–Crippen LogP) is 8.55. The third-order valence-electron chi connectivity index (χ3n) is 7.20. The topological polar surface area (TPSA) is 59.5 Å². The molecule has 0 unspecified atom stereocenters. The lowest BCUT2D eigenvalue weighted by Crippen LogP contribution is -2.27. The van der Waals surface area contributed by atoms with Gasteiger partial charge in [-0.25, -0.2) is 9.97 Å². The summed E-state index contributed by atoms with van der Waals surface area (Å²) in [4.78, 5) is 12.0. The molecule has 0 saturated carbocycles. The Morgan fingerprint density at radius 1 is 0.674 bits per heavy atom. The molecule has 1 heterocycles. The highest BCUT2D eigenvalue weighted by molar-refractivity contribution is 6.30. The summed E-state index contributed by atoms with van der Waals surface area (Å²) in [6, 6.07) is 35.9. The van der Waals surface area contributed by atoms with E-state index in [1.807, 2.05) is 97.1 Å². The molecule has 7 heteroatoms. The van der Waals surface area contributed by atoms with Crippen LogP contribution >= 0.6 is 11.6 Å². The first-order valence-corrected chi connectivity index (χ1v) is 15.1. The van der Waals surface area contributed by atoms with Crippen molar-refractivity contribution in [3.63, 3.8) is 0 Å². The van der Waals surface area contributed by atoms with E-state index in [0.29, 0.717) is 19.2 Å². The van der Waals surface area contributed by atoms with Crippen molar-refractivity contribution in [2.45, 2.75) is 20.3 Å². The van der Waals surface area contributed by atoms with Crippen LogP contribution in [0, 0.1) is 0 Å². The maximum atomic E-state index is 5.99. The normalized spacial score (nSPS) is 11.0. The molecular weight excluding hydrogens is 556 g/mol. The average Bonchev–Trinajstić information content (AvgIpc) is 3.05. The van der Waals surface area contributed by atoms with E-state index in [-0.39, 0.29) is 0 Å². The van der Waals surface area contributed by atoms with E-state index < -0.39 is 0 Å². The van der Waals surface area contributed by atoms with E-state index in [0.717, 1.165) is 70.8 Å². The summed E-state index contributed by atoms with van der Waals surface area (Å²) < 4.78 is 11.9. The summed E-state index contributed by atoms with van der Waals surface area (Å²) in [6.45, 7) is 8.53. The number of ether oxygens (including phenoxy) is 2. The van der Waals surface area contributed by atoms with E-state index in [4.69, 9.17) is 31.0 Å². The van der Waals surface area contributed by atoms with Gasteiger partial charge in [-0.1, -0.05) is 67.9 Å². The number of halogens is 1.